The van der Waals surface area contributed by atoms with Crippen LogP contribution in [0.15, 0.2) is 59.5 Å². The van der Waals surface area contributed by atoms with Crippen molar-refractivity contribution in [2.75, 3.05) is 26.2 Å². The zero-order valence-corrected chi connectivity index (χ0v) is 17.8. The van der Waals surface area contributed by atoms with Crippen molar-refractivity contribution in [1.82, 2.24) is 19.4 Å². The minimum absolute atomic E-state index is 0.173. The molecule has 1 aromatic heterocycles. The molecule has 0 radical (unpaired) electrons. The number of nitrogens with one attached hydrogen (secondary N) is 1. The maximum Gasteiger partial charge on any atom is 0.271 e. The Morgan fingerprint density at radius 1 is 0.967 bits per heavy atom. The normalized spacial score (nSPS) is 15.3. The quantitative estimate of drug-likeness (QED) is 0.698. The lowest BCUT2D eigenvalue weighted by molar-refractivity contribution is 0.0692. The number of amides is 1. The summed E-state index contributed by atoms with van der Waals surface area (Å²) in [7, 11) is -3.59. The highest BCUT2D eigenvalue weighted by molar-refractivity contribution is 7.89. The Morgan fingerprint density at radius 3 is 2.37 bits per heavy atom. The lowest BCUT2D eigenvalue weighted by Gasteiger charge is -2.34. The summed E-state index contributed by atoms with van der Waals surface area (Å²) in [5.41, 5.74) is 3.67. The van der Waals surface area contributed by atoms with Crippen molar-refractivity contribution < 1.29 is 13.2 Å². The van der Waals surface area contributed by atoms with Crippen molar-refractivity contribution in [2.24, 2.45) is 0 Å². The SMILES string of the molecule is Cc1ccc(C)c(S(=O)(=O)N2CCN(C(=O)c3cc(-c4ccccc4)n[nH]3)CC2)c1. The highest BCUT2D eigenvalue weighted by Gasteiger charge is 2.31. The number of aryl methyl sites for hydroxylation is 2. The lowest BCUT2D eigenvalue weighted by atomic mass is 10.1. The van der Waals surface area contributed by atoms with Gasteiger partial charge in [-0.3, -0.25) is 9.89 Å². The highest BCUT2D eigenvalue weighted by Crippen LogP contribution is 2.23. The molecule has 0 bridgehead atoms. The van der Waals surface area contributed by atoms with Crippen LogP contribution in [-0.4, -0.2) is 59.9 Å². The van der Waals surface area contributed by atoms with Gasteiger partial charge in [0, 0.05) is 31.7 Å². The molecule has 1 fully saturated rings. The van der Waals surface area contributed by atoms with Gasteiger partial charge in [-0.15, -0.1) is 0 Å². The molecule has 2 aromatic carbocycles. The number of carbonyl (C=O) groups is 1. The van der Waals surface area contributed by atoms with Crippen LogP contribution in [0.25, 0.3) is 11.3 Å². The molecule has 1 amide bonds. The maximum absolute atomic E-state index is 13.1. The third-order valence-corrected chi connectivity index (χ3v) is 7.41. The van der Waals surface area contributed by atoms with Crippen LogP contribution in [0.4, 0.5) is 0 Å². The van der Waals surface area contributed by atoms with E-state index in [1.54, 1.807) is 24.0 Å². The predicted octanol–water partition coefficient (Wildman–Crippen LogP) is 2.84. The van der Waals surface area contributed by atoms with Crippen LogP contribution < -0.4 is 0 Å². The van der Waals surface area contributed by atoms with E-state index in [0.717, 1.165) is 16.7 Å². The van der Waals surface area contributed by atoms with E-state index >= 15 is 0 Å². The van der Waals surface area contributed by atoms with E-state index in [1.165, 1.54) is 4.31 Å². The van der Waals surface area contributed by atoms with Gasteiger partial charge in [0.1, 0.15) is 5.69 Å². The van der Waals surface area contributed by atoms with Crippen LogP contribution in [0.5, 0.6) is 0 Å². The Kier molecular flexibility index (Phi) is 5.44. The summed E-state index contributed by atoms with van der Waals surface area (Å²) >= 11 is 0. The number of benzene rings is 2. The topological polar surface area (TPSA) is 86.4 Å². The number of sulfonamides is 1. The first kappa shape index (κ1) is 20.3. The number of hydrogen-bond donors (Lipinski definition) is 1. The summed E-state index contributed by atoms with van der Waals surface area (Å²) in [6.45, 7) is 4.88. The van der Waals surface area contributed by atoms with Crippen LogP contribution in [0.2, 0.25) is 0 Å². The average molecular weight is 425 g/mol. The molecular formula is C22H24N4O3S. The number of aromatic amines is 1. The minimum Gasteiger partial charge on any atom is -0.335 e. The Labute approximate surface area is 176 Å². The zero-order valence-electron chi connectivity index (χ0n) is 17.0. The lowest BCUT2D eigenvalue weighted by Crippen LogP contribution is -2.50. The Balaban J connectivity index is 1.45. The Hall–Kier alpha value is -2.97. The third kappa shape index (κ3) is 3.88. The van der Waals surface area contributed by atoms with Crippen LogP contribution in [0, 0.1) is 13.8 Å². The van der Waals surface area contributed by atoms with Gasteiger partial charge in [-0.2, -0.15) is 9.40 Å². The molecule has 3 aromatic rings. The summed E-state index contributed by atoms with van der Waals surface area (Å²) in [5.74, 6) is -0.173. The van der Waals surface area contributed by atoms with E-state index in [0.29, 0.717) is 29.4 Å². The number of H-pyrrole nitrogens is 1. The van der Waals surface area contributed by atoms with Gasteiger partial charge in [0.05, 0.1) is 10.6 Å². The molecule has 156 valence electrons. The maximum atomic E-state index is 13.1. The molecular weight excluding hydrogens is 400 g/mol. The van der Waals surface area contributed by atoms with Crippen molar-refractivity contribution in [3.8, 4) is 11.3 Å². The van der Waals surface area contributed by atoms with Gasteiger partial charge >= 0.3 is 0 Å². The zero-order chi connectivity index (χ0) is 21.3. The molecule has 0 aliphatic carbocycles. The number of rotatable bonds is 4. The fraction of sp³-hybridized carbons (Fsp3) is 0.273. The van der Waals surface area contributed by atoms with E-state index in [4.69, 9.17) is 0 Å². The Morgan fingerprint density at radius 2 is 1.67 bits per heavy atom. The van der Waals surface area contributed by atoms with E-state index in [1.807, 2.05) is 49.4 Å². The number of hydrogen-bond acceptors (Lipinski definition) is 4. The van der Waals surface area contributed by atoms with E-state index in [-0.39, 0.29) is 19.0 Å². The molecule has 1 N–H and O–H groups in total. The van der Waals surface area contributed by atoms with Crippen LogP contribution in [-0.2, 0) is 10.0 Å². The highest BCUT2D eigenvalue weighted by atomic mass is 32.2. The third-order valence-electron chi connectivity index (χ3n) is 5.37. The summed E-state index contributed by atoms with van der Waals surface area (Å²) in [6.07, 6.45) is 0. The first-order valence-electron chi connectivity index (χ1n) is 9.84. The molecule has 1 saturated heterocycles. The second-order valence-electron chi connectivity index (χ2n) is 7.50. The van der Waals surface area contributed by atoms with Gasteiger partial charge in [0.2, 0.25) is 10.0 Å². The van der Waals surface area contributed by atoms with Gasteiger partial charge in [0.15, 0.2) is 0 Å². The van der Waals surface area contributed by atoms with Gasteiger partial charge in [-0.05, 0) is 37.1 Å². The summed E-state index contributed by atoms with van der Waals surface area (Å²) in [4.78, 5) is 14.9. The first-order chi connectivity index (χ1) is 14.4. The molecule has 8 heteroatoms. The van der Waals surface area contributed by atoms with Gasteiger partial charge in [0.25, 0.3) is 5.91 Å². The van der Waals surface area contributed by atoms with Crippen LogP contribution in [0.1, 0.15) is 21.6 Å². The molecule has 4 rings (SSSR count). The molecule has 1 aliphatic heterocycles. The monoisotopic (exact) mass is 424 g/mol. The second-order valence-corrected chi connectivity index (χ2v) is 9.40. The number of carbonyl (C=O) groups excluding carboxylic acids is 1. The van der Waals surface area contributed by atoms with E-state index in [2.05, 4.69) is 10.2 Å². The predicted molar refractivity (Wildman–Crippen MR) is 115 cm³/mol. The van der Waals surface area contributed by atoms with Crippen molar-refractivity contribution >= 4 is 15.9 Å². The molecule has 30 heavy (non-hydrogen) atoms. The number of nitrogens with zero attached hydrogens (tertiary/aromatic N) is 3. The molecule has 0 spiro atoms. The number of aromatic nitrogens is 2. The van der Waals surface area contributed by atoms with Crippen molar-refractivity contribution in [3.63, 3.8) is 0 Å². The van der Waals surface area contributed by atoms with E-state index in [9.17, 15) is 13.2 Å². The molecule has 0 atom stereocenters. The fourth-order valence-corrected chi connectivity index (χ4v) is 5.35. The van der Waals surface area contributed by atoms with Gasteiger partial charge in [-0.25, -0.2) is 8.42 Å². The largest absolute Gasteiger partial charge is 0.335 e. The summed E-state index contributed by atoms with van der Waals surface area (Å²) < 4.78 is 27.6. The molecule has 0 saturated carbocycles. The minimum atomic E-state index is -3.59. The second kappa shape index (κ2) is 8.04. The van der Waals surface area contributed by atoms with Gasteiger partial charge < -0.3 is 4.90 Å². The molecule has 1 aliphatic rings. The Bertz CT molecular complexity index is 1160. The standard InChI is InChI=1S/C22H24N4O3S/c1-16-8-9-17(2)21(14-16)30(28,29)26-12-10-25(11-13-26)22(27)20-15-19(23-24-20)18-6-4-3-5-7-18/h3-9,14-15H,10-13H2,1-2H3,(H,23,24). The molecule has 7 nitrogen and oxygen atoms in total. The summed E-state index contributed by atoms with van der Waals surface area (Å²) in [6, 6.07) is 16.8. The smallest absolute Gasteiger partial charge is 0.271 e. The number of piperazine rings is 1. The van der Waals surface area contributed by atoms with Crippen LogP contribution in [0.3, 0.4) is 0 Å². The average Bonchev–Trinajstić information content (AvgIpc) is 3.26. The van der Waals surface area contributed by atoms with E-state index < -0.39 is 10.0 Å². The van der Waals surface area contributed by atoms with Crippen molar-refractivity contribution in [1.29, 1.82) is 0 Å². The van der Waals surface area contributed by atoms with Crippen molar-refractivity contribution in [3.05, 3.63) is 71.4 Å². The fourth-order valence-electron chi connectivity index (χ4n) is 3.61. The van der Waals surface area contributed by atoms with Crippen molar-refractivity contribution in [2.45, 2.75) is 18.7 Å². The first-order valence-corrected chi connectivity index (χ1v) is 11.3. The summed E-state index contributed by atoms with van der Waals surface area (Å²) in [5, 5.41) is 7.04. The molecule has 0 unspecified atom stereocenters. The molecule has 2 heterocycles. The van der Waals surface area contributed by atoms with Crippen LogP contribution >= 0.6 is 0 Å². The van der Waals surface area contributed by atoms with Gasteiger partial charge in [-0.1, -0.05) is 42.5 Å².